The molecule has 2 N–H and O–H groups in total. The van der Waals surface area contributed by atoms with E-state index in [0.717, 1.165) is 6.54 Å². The summed E-state index contributed by atoms with van der Waals surface area (Å²) < 4.78 is 0. The monoisotopic (exact) mass is 284 g/mol. The molecule has 120 valence electrons. The van der Waals surface area contributed by atoms with Crippen LogP contribution < -0.4 is 10.6 Å². The SMILES string of the molecule is CCCCCCCCCCNCC(=O)NC(C)C(C)C. The Morgan fingerprint density at radius 2 is 1.45 bits per heavy atom. The number of hydrogen-bond acceptors (Lipinski definition) is 2. The molecule has 3 heteroatoms. The van der Waals surface area contributed by atoms with Gasteiger partial charge in [0.1, 0.15) is 0 Å². The maximum atomic E-state index is 11.6. The molecule has 1 atom stereocenters. The van der Waals surface area contributed by atoms with Crippen LogP contribution in [0.25, 0.3) is 0 Å². The van der Waals surface area contributed by atoms with Crippen LogP contribution in [0, 0.1) is 5.92 Å². The fraction of sp³-hybridized carbons (Fsp3) is 0.941. The molecule has 0 fully saturated rings. The Bertz CT molecular complexity index is 229. The van der Waals surface area contributed by atoms with Crippen molar-refractivity contribution >= 4 is 5.91 Å². The Kier molecular flexibility index (Phi) is 13.0. The molecule has 0 spiro atoms. The first-order chi connectivity index (χ1) is 9.57. The first kappa shape index (κ1) is 19.4. The Morgan fingerprint density at radius 1 is 0.900 bits per heavy atom. The second-order valence-corrected chi connectivity index (χ2v) is 6.25. The van der Waals surface area contributed by atoms with Gasteiger partial charge in [0.2, 0.25) is 5.91 Å². The van der Waals surface area contributed by atoms with Crippen molar-refractivity contribution in [3.8, 4) is 0 Å². The van der Waals surface area contributed by atoms with Gasteiger partial charge in [-0.1, -0.05) is 65.7 Å². The summed E-state index contributed by atoms with van der Waals surface area (Å²) in [7, 11) is 0. The summed E-state index contributed by atoms with van der Waals surface area (Å²) >= 11 is 0. The van der Waals surface area contributed by atoms with Gasteiger partial charge in [-0.15, -0.1) is 0 Å². The summed E-state index contributed by atoms with van der Waals surface area (Å²) in [4.78, 5) is 11.6. The summed E-state index contributed by atoms with van der Waals surface area (Å²) in [5, 5.41) is 6.24. The van der Waals surface area contributed by atoms with Gasteiger partial charge in [-0.25, -0.2) is 0 Å². The minimum Gasteiger partial charge on any atom is -0.352 e. The van der Waals surface area contributed by atoms with Gasteiger partial charge in [0.05, 0.1) is 6.54 Å². The van der Waals surface area contributed by atoms with E-state index in [-0.39, 0.29) is 11.9 Å². The Morgan fingerprint density at radius 3 is 2.00 bits per heavy atom. The van der Waals surface area contributed by atoms with Crippen molar-refractivity contribution in [3.63, 3.8) is 0 Å². The van der Waals surface area contributed by atoms with Gasteiger partial charge in [0, 0.05) is 6.04 Å². The van der Waals surface area contributed by atoms with E-state index >= 15 is 0 Å². The smallest absolute Gasteiger partial charge is 0.234 e. The van der Waals surface area contributed by atoms with E-state index in [2.05, 4.69) is 38.3 Å². The largest absolute Gasteiger partial charge is 0.352 e. The van der Waals surface area contributed by atoms with E-state index in [1.54, 1.807) is 0 Å². The van der Waals surface area contributed by atoms with Crippen LogP contribution in [0.5, 0.6) is 0 Å². The van der Waals surface area contributed by atoms with Crippen molar-refractivity contribution in [1.29, 1.82) is 0 Å². The Labute approximate surface area is 126 Å². The molecular weight excluding hydrogens is 248 g/mol. The Balaban J connectivity index is 3.25. The predicted octanol–water partition coefficient (Wildman–Crippen LogP) is 3.88. The molecule has 0 rings (SSSR count). The van der Waals surface area contributed by atoms with Crippen molar-refractivity contribution in [3.05, 3.63) is 0 Å². The zero-order chi connectivity index (χ0) is 15.2. The Hall–Kier alpha value is -0.570. The van der Waals surface area contributed by atoms with E-state index in [1.807, 2.05) is 0 Å². The molecule has 0 aromatic carbocycles. The number of hydrogen-bond donors (Lipinski definition) is 2. The van der Waals surface area contributed by atoms with Gasteiger partial charge in [-0.2, -0.15) is 0 Å². The molecule has 0 saturated carbocycles. The van der Waals surface area contributed by atoms with Crippen molar-refractivity contribution < 1.29 is 4.79 Å². The van der Waals surface area contributed by atoms with Crippen LogP contribution in [0.2, 0.25) is 0 Å². The number of amides is 1. The molecule has 3 nitrogen and oxygen atoms in total. The molecular formula is C17H36N2O. The average Bonchev–Trinajstić information content (AvgIpc) is 2.40. The lowest BCUT2D eigenvalue weighted by Crippen LogP contribution is -2.41. The highest BCUT2D eigenvalue weighted by atomic mass is 16.1. The lowest BCUT2D eigenvalue weighted by Gasteiger charge is -2.17. The van der Waals surface area contributed by atoms with E-state index in [1.165, 1.54) is 51.4 Å². The fourth-order valence-corrected chi connectivity index (χ4v) is 2.06. The van der Waals surface area contributed by atoms with Crippen LogP contribution in [-0.4, -0.2) is 25.0 Å². The highest BCUT2D eigenvalue weighted by molar-refractivity contribution is 5.78. The molecule has 0 aromatic heterocycles. The number of carbonyl (C=O) groups excluding carboxylic acids is 1. The van der Waals surface area contributed by atoms with E-state index in [4.69, 9.17) is 0 Å². The zero-order valence-corrected chi connectivity index (χ0v) is 14.1. The van der Waals surface area contributed by atoms with E-state index < -0.39 is 0 Å². The van der Waals surface area contributed by atoms with E-state index in [0.29, 0.717) is 12.5 Å². The molecule has 1 unspecified atom stereocenters. The summed E-state index contributed by atoms with van der Waals surface area (Å²) in [5.74, 6) is 0.609. The van der Waals surface area contributed by atoms with Crippen LogP contribution >= 0.6 is 0 Å². The molecule has 0 aliphatic rings. The van der Waals surface area contributed by atoms with Crippen LogP contribution in [0.15, 0.2) is 0 Å². The molecule has 0 radical (unpaired) electrons. The number of nitrogens with one attached hydrogen (secondary N) is 2. The second kappa shape index (κ2) is 13.4. The van der Waals surface area contributed by atoms with Crippen molar-refractivity contribution in [2.24, 2.45) is 5.92 Å². The van der Waals surface area contributed by atoms with Crippen molar-refractivity contribution in [2.75, 3.05) is 13.1 Å². The van der Waals surface area contributed by atoms with Gasteiger partial charge in [-0.3, -0.25) is 4.79 Å². The van der Waals surface area contributed by atoms with Gasteiger partial charge in [0.15, 0.2) is 0 Å². The number of carbonyl (C=O) groups is 1. The normalized spacial score (nSPS) is 12.7. The predicted molar refractivity (Wildman–Crippen MR) is 87.9 cm³/mol. The lowest BCUT2D eigenvalue weighted by atomic mass is 10.1. The van der Waals surface area contributed by atoms with Crippen LogP contribution in [0.3, 0.4) is 0 Å². The van der Waals surface area contributed by atoms with E-state index in [9.17, 15) is 4.79 Å². The number of unbranched alkanes of at least 4 members (excludes halogenated alkanes) is 7. The standard InChI is InChI=1S/C17H36N2O/c1-5-6-7-8-9-10-11-12-13-18-14-17(20)19-16(4)15(2)3/h15-16,18H,5-14H2,1-4H3,(H,19,20). The summed E-state index contributed by atoms with van der Waals surface area (Å²) in [5.41, 5.74) is 0. The molecule has 0 saturated heterocycles. The molecule has 0 aromatic rings. The van der Waals surface area contributed by atoms with Gasteiger partial charge >= 0.3 is 0 Å². The molecule has 20 heavy (non-hydrogen) atoms. The minimum absolute atomic E-state index is 0.116. The first-order valence-electron chi connectivity index (χ1n) is 8.58. The molecule has 1 amide bonds. The average molecular weight is 284 g/mol. The molecule has 0 heterocycles. The third-order valence-electron chi connectivity index (χ3n) is 3.88. The maximum absolute atomic E-state index is 11.6. The quantitative estimate of drug-likeness (QED) is 0.504. The summed E-state index contributed by atoms with van der Waals surface area (Å²) in [6.45, 7) is 9.97. The summed E-state index contributed by atoms with van der Waals surface area (Å²) in [6, 6.07) is 0.257. The van der Waals surface area contributed by atoms with Crippen LogP contribution in [-0.2, 0) is 4.79 Å². The third kappa shape index (κ3) is 12.5. The molecule has 0 aliphatic heterocycles. The third-order valence-corrected chi connectivity index (χ3v) is 3.88. The van der Waals surface area contributed by atoms with Crippen molar-refractivity contribution in [2.45, 2.75) is 85.1 Å². The molecule has 0 bridgehead atoms. The zero-order valence-electron chi connectivity index (χ0n) is 14.1. The molecule has 0 aliphatic carbocycles. The lowest BCUT2D eigenvalue weighted by molar-refractivity contribution is -0.121. The van der Waals surface area contributed by atoms with Crippen LogP contribution in [0.4, 0.5) is 0 Å². The van der Waals surface area contributed by atoms with Crippen LogP contribution in [0.1, 0.15) is 79.1 Å². The van der Waals surface area contributed by atoms with Gasteiger partial charge in [0.25, 0.3) is 0 Å². The summed E-state index contributed by atoms with van der Waals surface area (Å²) in [6.07, 6.45) is 10.6. The minimum atomic E-state index is 0.116. The topological polar surface area (TPSA) is 41.1 Å². The highest BCUT2D eigenvalue weighted by Gasteiger charge is 2.09. The fourth-order valence-electron chi connectivity index (χ4n) is 2.06. The highest BCUT2D eigenvalue weighted by Crippen LogP contribution is 2.07. The van der Waals surface area contributed by atoms with Gasteiger partial charge < -0.3 is 10.6 Å². The second-order valence-electron chi connectivity index (χ2n) is 6.25. The van der Waals surface area contributed by atoms with Crippen molar-refractivity contribution in [1.82, 2.24) is 10.6 Å². The maximum Gasteiger partial charge on any atom is 0.234 e. The number of rotatable bonds is 13. The van der Waals surface area contributed by atoms with Gasteiger partial charge in [-0.05, 0) is 25.8 Å². The first-order valence-corrected chi connectivity index (χ1v) is 8.58.